The van der Waals surface area contributed by atoms with Crippen LogP contribution >= 0.6 is 11.3 Å². The maximum absolute atomic E-state index is 6.41. The van der Waals surface area contributed by atoms with Gasteiger partial charge in [0.25, 0.3) is 0 Å². The van der Waals surface area contributed by atoms with Crippen LogP contribution in [0.2, 0.25) is 0 Å². The van der Waals surface area contributed by atoms with Crippen LogP contribution in [-0.4, -0.2) is 19.9 Å². The van der Waals surface area contributed by atoms with Crippen molar-refractivity contribution in [3.05, 3.63) is 182 Å². The van der Waals surface area contributed by atoms with Crippen LogP contribution in [0.3, 0.4) is 0 Å². The molecular formula is C52H30N4OS. The van der Waals surface area contributed by atoms with Crippen LogP contribution in [0.4, 0.5) is 0 Å². The fraction of sp³-hybridized carbons (Fsp3) is 0. The van der Waals surface area contributed by atoms with Gasteiger partial charge in [-0.2, -0.15) is 0 Å². The standard InChI is InChI=1S/C52H30N4OS/c1-2-13-33(14-3-1)50-54-51(56-52(55-50)36-16-10-15-35(30-36)38-20-11-21-40-39-18-6-8-22-43(39)57-48(38)40)34-26-24-32(25-27-34)47-49-46(41-19-7-9-23-44(41)58-49)45-37-17-5-4-12-31(37)28-29-42(45)53-47/h1-30H. The SMILES string of the molecule is c1ccc(-c2nc(-c3ccc(-c4nc5ccc6ccccc6c5c5c4sc4ccccc45)cc3)nc(-c3cccc(-c4cccc5c4oc4ccccc45)c3)n2)cc1. The number of aromatic nitrogens is 4. The fourth-order valence-electron chi connectivity index (χ4n) is 8.37. The predicted molar refractivity (Wildman–Crippen MR) is 240 cm³/mol. The number of thiophene rings is 1. The summed E-state index contributed by atoms with van der Waals surface area (Å²) in [7, 11) is 0. The Bertz CT molecular complexity index is 3570. The lowest BCUT2D eigenvalue weighted by Gasteiger charge is -2.11. The normalized spacial score (nSPS) is 11.8. The summed E-state index contributed by atoms with van der Waals surface area (Å²) >= 11 is 1.81. The number of fused-ring (bicyclic) bond motifs is 10. The Kier molecular flexibility index (Phi) is 7.33. The van der Waals surface area contributed by atoms with Gasteiger partial charge in [-0.25, -0.2) is 19.9 Å². The molecule has 58 heavy (non-hydrogen) atoms. The van der Waals surface area contributed by atoms with E-state index in [-0.39, 0.29) is 0 Å². The maximum Gasteiger partial charge on any atom is 0.164 e. The Labute approximate surface area is 336 Å². The smallest absolute Gasteiger partial charge is 0.164 e. The van der Waals surface area contributed by atoms with Gasteiger partial charge in [0.1, 0.15) is 11.2 Å². The zero-order valence-corrected chi connectivity index (χ0v) is 31.7. The van der Waals surface area contributed by atoms with Gasteiger partial charge in [-0.05, 0) is 40.6 Å². The van der Waals surface area contributed by atoms with E-state index < -0.39 is 0 Å². The molecule has 8 aromatic carbocycles. The van der Waals surface area contributed by atoms with Gasteiger partial charge in [0, 0.05) is 59.4 Å². The second-order valence-corrected chi connectivity index (χ2v) is 15.6. The molecule has 6 heteroatoms. The number of nitrogens with zero attached hydrogens (tertiary/aromatic N) is 4. The number of rotatable bonds is 5. The topological polar surface area (TPSA) is 64.7 Å². The van der Waals surface area contributed by atoms with Crippen LogP contribution in [0.15, 0.2) is 186 Å². The predicted octanol–water partition coefficient (Wildman–Crippen LogP) is 14.2. The van der Waals surface area contributed by atoms with E-state index in [0.717, 1.165) is 66.5 Å². The minimum absolute atomic E-state index is 0.599. The lowest BCUT2D eigenvalue weighted by atomic mass is 9.98. The number of furan rings is 1. The molecule has 0 aliphatic carbocycles. The van der Waals surface area contributed by atoms with Crippen molar-refractivity contribution in [1.29, 1.82) is 0 Å². The molecule has 0 saturated heterocycles. The largest absolute Gasteiger partial charge is 0.455 e. The number of benzene rings is 8. The summed E-state index contributed by atoms with van der Waals surface area (Å²) in [5.74, 6) is 1.82. The summed E-state index contributed by atoms with van der Waals surface area (Å²) < 4.78 is 8.85. The van der Waals surface area contributed by atoms with Gasteiger partial charge in [-0.1, -0.05) is 158 Å². The van der Waals surface area contributed by atoms with Crippen molar-refractivity contribution in [2.75, 3.05) is 0 Å². The first kappa shape index (κ1) is 32.7. The van der Waals surface area contributed by atoms with Crippen molar-refractivity contribution in [2.24, 2.45) is 0 Å². The van der Waals surface area contributed by atoms with Crippen molar-refractivity contribution in [2.45, 2.75) is 0 Å². The first-order valence-electron chi connectivity index (χ1n) is 19.3. The van der Waals surface area contributed by atoms with E-state index in [0.29, 0.717) is 17.5 Å². The first-order chi connectivity index (χ1) is 28.7. The third kappa shape index (κ3) is 5.23. The molecular weight excluding hydrogens is 729 g/mol. The van der Waals surface area contributed by atoms with Crippen LogP contribution in [-0.2, 0) is 0 Å². The lowest BCUT2D eigenvalue weighted by molar-refractivity contribution is 0.670. The molecule has 4 aromatic heterocycles. The Balaban J connectivity index is 0.991. The second-order valence-electron chi connectivity index (χ2n) is 14.6. The highest BCUT2D eigenvalue weighted by Gasteiger charge is 2.19. The van der Waals surface area contributed by atoms with E-state index in [1.807, 2.05) is 48.5 Å². The van der Waals surface area contributed by atoms with E-state index in [1.165, 1.54) is 36.3 Å². The third-order valence-corrected chi connectivity index (χ3v) is 12.3. The van der Waals surface area contributed by atoms with Gasteiger partial charge in [0.05, 0.1) is 15.9 Å². The van der Waals surface area contributed by atoms with E-state index in [4.69, 9.17) is 24.4 Å². The van der Waals surface area contributed by atoms with Crippen LogP contribution in [0.25, 0.3) is 120 Å². The highest BCUT2D eigenvalue weighted by molar-refractivity contribution is 7.26. The highest BCUT2D eigenvalue weighted by Crippen LogP contribution is 2.45. The molecule has 0 spiro atoms. The molecule has 0 bridgehead atoms. The van der Waals surface area contributed by atoms with Crippen LogP contribution in [0.1, 0.15) is 0 Å². The zero-order valence-electron chi connectivity index (χ0n) is 30.9. The number of hydrogen-bond donors (Lipinski definition) is 0. The third-order valence-electron chi connectivity index (χ3n) is 11.1. The molecule has 0 aliphatic heterocycles. The number of para-hydroxylation sites is 2. The van der Waals surface area contributed by atoms with E-state index >= 15 is 0 Å². The summed E-state index contributed by atoms with van der Waals surface area (Å²) in [5, 5.41) is 8.36. The van der Waals surface area contributed by atoms with Gasteiger partial charge >= 0.3 is 0 Å². The Morgan fingerprint density at radius 3 is 1.86 bits per heavy atom. The number of pyridine rings is 1. The zero-order chi connectivity index (χ0) is 38.2. The lowest BCUT2D eigenvalue weighted by Crippen LogP contribution is -2.00. The molecule has 0 N–H and O–H groups in total. The van der Waals surface area contributed by atoms with E-state index in [2.05, 4.69) is 133 Å². The molecule has 12 aromatic rings. The van der Waals surface area contributed by atoms with Gasteiger partial charge < -0.3 is 4.42 Å². The molecule has 0 fully saturated rings. The van der Waals surface area contributed by atoms with E-state index in [1.54, 1.807) is 11.3 Å². The average Bonchev–Trinajstić information content (AvgIpc) is 3.88. The molecule has 12 rings (SSSR count). The Morgan fingerprint density at radius 2 is 1.02 bits per heavy atom. The van der Waals surface area contributed by atoms with Crippen molar-refractivity contribution in [1.82, 2.24) is 19.9 Å². The van der Waals surface area contributed by atoms with Crippen molar-refractivity contribution in [3.8, 4) is 56.5 Å². The monoisotopic (exact) mass is 758 g/mol. The molecule has 0 aliphatic rings. The second kappa shape index (κ2) is 13.0. The van der Waals surface area contributed by atoms with Crippen molar-refractivity contribution < 1.29 is 4.42 Å². The molecule has 0 amide bonds. The quantitative estimate of drug-likeness (QED) is 0.164. The Hall–Kier alpha value is -7.54. The van der Waals surface area contributed by atoms with Gasteiger partial charge in [0.15, 0.2) is 17.5 Å². The van der Waals surface area contributed by atoms with Crippen LogP contribution in [0.5, 0.6) is 0 Å². The summed E-state index contributed by atoms with van der Waals surface area (Å²) in [6.07, 6.45) is 0. The van der Waals surface area contributed by atoms with Crippen molar-refractivity contribution >= 4 is 75.1 Å². The molecule has 0 unspecified atom stereocenters. The molecule has 270 valence electrons. The molecule has 0 radical (unpaired) electrons. The first-order valence-corrected chi connectivity index (χ1v) is 20.1. The van der Waals surface area contributed by atoms with Crippen molar-refractivity contribution in [3.63, 3.8) is 0 Å². The molecule has 5 nitrogen and oxygen atoms in total. The highest BCUT2D eigenvalue weighted by atomic mass is 32.1. The molecule has 0 saturated carbocycles. The molecule has 4 heterocycles. The minimum atomic E-state index is 0.599. The summed E-state index contributed by atoms with van der Waals surface area (Å²) in [5.41, 5.74) is 9.50. The summed E-state index contributed by atoms with van der Waals surface area (Å²) in [6.45, 7) is 0. The Morgan fingerprint density at radius 1 is 0.397 bits per heavy atom. The summed E-state index contributed by atoms with van der Waals surface area (Å²) in [4.78, 5) is 20.6. The van der Waals surface area contributed by atoms with E-state index in [9.17, 15) is 0 Å². The van der Waals surface area contributed by atoms with Crippen LogP contribution < -0.4 is 0 Å². The summed E-state index contributed by atoms with van der Waals surface area (Å²) in [6, 6.07) is 63.1. The number of hydrogen-bond acceptors (Lipinski definition) is 6. The minimum Gasteiger partial charge on any atom is -0.455 e. The average molecular weight is 759 g/mol. The van der Waals surface area contributed by atoms with Gasteiger partial charge in [-0.3, -0.25) is 0 Å². The molecule has 0 atom stereocenters. The maximum atomic E-state index is 6.41. The van der Waals surface area contributed by atoms with Crippen LogP contribution in [0, 0.1) is 0 Å². The fourth-order valence-corrected chi connectivity index (χ4v) is 9.59. The van der Waals surface area contributed by atoms with Gasteiger partial charge in [0.2, 0.25) is 0 Å². The van der Waals surface area contributed by atoms with Gasteiger partial charge in [-0.15, -0.1) is 11.3 Å².